The SMILES string of the molecule is C1CCOC1.FC(F)F.[Br-].[Mg+2].[c-]1ccccc1. The smallest absolute Gasteiger partial charge is 1.00 e. The number of hydrogen-bond acceptors (Lipinski definition) is 1. The molecular formula is C11H14BrF3MgO. The van der Waals surface area contributed by atoms with Crippen molar-refractivity contribution in [1.82, 2.24) is 0 Å². The second-order valence-corrected chi connectivity index (χ2v) is 2.64. The number of rotatable bonds is 0. The van der Waals surface area contributed by atoms with Gasteiger partial charge in [-0.3, -0.25) is 0 Å². The van der Waals surface area contributed by atoms with E-state index in [1.165, 1.54) is 12.8 Å². The van der Waals surface area contributed by atoms with Crippen molar-refractivity contribution < 1.29 is 34.9 Å². The summed E-state index contributed by atoms with van der Waals surface area (Å²) in [7, 11) is 0. The Morgan fingerprint density at radius 1 is 0.941 bits per heavy atom. The number of hydrogen-bond donors (Lipinski definition) is 0. The molecule has 0 radical (unpaired) electrons. The van der Waals surface area contributed by atoms with Gasteiger partial charge in [-0.25, -0.2) is 0 Å². The summed E-state index contributed by atoms with van der Waals surface area (Å²) in [5.41, 5.74) is 0. The summed E-state index contributed by atoms with van der Waals surface area (Å²) in [6.07, 6.45) is 2.56. The molecule has 0 spiro atoms. The van der Waals surface area contributed by atoms with Crippen LogP contribution in [0.25, 0.3) is 0 Å². The van der Waals surface area contributed by atoms with Crippen molar-refractivity contribution in [2.45, 2.75) is 19.5 Å². The van der Waals surface area contributed by atoms with Crippen LogP contribution in [-0.4, -0.2) is 42.9 Å². The first-order chi connectivity index (χ1) is 7.23. The number of benzene rings is 1. The second-order valence-electron chi connectivity index (χ2n) is 2.64. The fraction of sp³-hybridized carbons (Fsp3) is 0.455. The molecule has 1 nitrogen and oxygen atoms in total. The predicted molar refractivity (Wildman–Crippen MR) is 58.2 cm³/mol. The van der Waals surface area contributed by atoms with E-state index in [0.29, 0.717) is 0 Å². The summed E-state index contributed by atoms with van der Waals surface area (Å²) in [6, 6.07) is 12.5. The Morgan fingerprint density at radius 2 is 1.35 bits per heavy atom. The zero-order valence-corrected chi connectivity index (χ0v) is 12.4. The standard InChI is InChI=1S/C6H5.C4H8O.CHF3.BrH.Mg/c1-2-4-6-5-3-1;1-2-4-5-3-1;2-1(3)4;;/h1-5H;1-4H2;1H;1H;/q-1;;;;+2/p-1. The normalized spacial score (nSPS) is 12.0. The second kappa shape index (κ2) is 18.6. The molecule has 0 bridgehead atoms. The van der Waals surface area contributed by atoms with Crippen molar-refractivity contribution in [2.24, 2.45) is 0 Å². The minimum atomic E-state index is -3.67. The number of halogens is 4. The van der Waals surface area contributed by atoms with E-state index in [-0.39, 0.29) is 40.0 Å². The number of alkyl halides is 3. The van der Waals surface area contributed by atoms with Crippen LogP contribution in [0, 0.1) is 6.07 Å². The Hall–Kier alpha value is 0.216. The zero-order valence-electron chi connectivity index (χ0n) is 9.42. The molecule has 0 amide bonds. The molecule has 2 rings (SSSR count). The summed E-state index contributed by atoms with van der Waals surface area (Å²) in [4.78, 5) is 0. The quantitative estimate of drug-likeness (QED) is 0.486. The Morgan fingerprint density at radius 3 is 1.47 bits per heavy atom. The molecule has 0 atom stereocenters. The van der Waals surface area contributed by atoms with Gasteiger partial charge in [-0.05, 0) is 12.8 Å². The van der Waals surface area contributed by atoms with E-state index < -0.39 is 6.68 Å². The van der Waals surface area contributed by atoms with E-state index in [4.69, 9.17) is 4.74 Å². The molecule has 17 heavy (non-hydrogen) atoms. The van der Waals surface area contributed by atoms with Gasteiger partial charge in [0.15, 0.2) is 0 Å². The van der Waals surface area contributed by atoms with Crippen molar-refractivity contribution in [3.05, 3.63) is 36.4 Å². The average molecular weight is 323 g/mol. The predicted octanol–water partition coefficient (Wildman–Crippen LogP) is 0.0853. The van der Waals surface area contributed by atoms with Gasteiger partial charge in [0.2, 0.25) is 0 Å². The van der Waals surface area contributed by atoms with Crippen LogP contribution >= 0.6 is 0 Å². The van der Waals surface area contributed by atoms with E-state index in [0.717, 1.165) is 13.2 Å². The van der Waals surface area contributed by atoms with Crippen LogP contribution in [0.5, 0.6) is 0 Å². The van der Waals surface area contributed by atoms with Crippen molar-refractivity contribution in [1.29, 1.82) is 0 Å². The average Bonchev–Trinajstić information content (AvgIpc) is 2.77. The van der Waals surface area contributed by atoms with Crippen molar-refractivity contribution in [3.63, 3.8) is 0 Å². The molecule has 1 aromatic rings. The molecule has 6 heteroatoms. The number of ether oxygens (including phenoxy) is 1. The molecule has 0 unspecified atom stereocenters. The van der Waals surface area contributed by atoms with Gasteiger partial charge in [0.1, 0.15) is 0 Å². The van der Waals surface area contributed by atoms with Crippen LogP contribution in [0.1, 0.15) is 12.8 Å². The molecule has 1 saturated heterocycles. The first kappa shape index (κ1) is 22.4. The van der Waals surface area contributed by atoms with E-state index >= 15 is 0 Å². The van der Waals surface area contributed by atoms with E-state index in [9.17, 15) is 13.2 Å². The van der Waals surface area contributed by atoms with Crippen LogP contribution in [-0.2, 0) is 4.74 Å². The minimum absolute atomic E-state index is 0. The summed E-state index contributed by atoms with van der Waals surface area (Å²) < 4.78 is 33.9. The van der Waals surface area contributed by atoms with Crippen LogP contribution < -0.4 is 17.0 Å². The van der Waals surface area contributed by atoms with Gasteiger partial charge >= 0.3 is 29.7 Å². The van der Waals surface area contributed by atoms with Gasteiger partial charge in [-0.1, -0.05) is 0 Å². The minimum Gasteiger partial charge on any atom is -1.00 e. The maximum absolute atomic E-state index is 9.67. The Kier molecular flexibility index (Phi) is 24.5. The fourth-order valence-electron chi connectivity index (χ4n) is 0.852. The van der Waals surface area contributed by atoms with Crippen LogP contribution in [0.3, 0.4) is 0 Å². The van der Waals surface area contributed by atoms with Crippen LogP contribution in [0.2, 0.25) is 0 Å². The van der Waals surface area contributed by atoms with E-state index in [1.807, 2.05) is 30.3 Å². The first-order valence-electron chi connectivity index (χ1n) is 4.64. The molecule has 0 aliphatic carbocycles. The molecule has 0 saturated carbocycles. The molecule has 1 heterocycles. The maximum Gasteiger partial charge on any atom is 2.00 e. The molecular weight excluding hydrogens is 309 g/mol. The summed E-state index contributed by atoms with van der Waals surface area (Å²) >= 11 is 0. The Balaban J connectivity index is -0.000000167. The van der Waals surface area contributed by atoms with Crippen LogP contribution in [0.15, 0.2) is 30.3 Å². The molecule has 1 aliphatic heterocycles. The topological polar surface area (TPSA) is 9.23 Å². The van der Waals surface area contributed by atoms with Gasteiger partial charge in [-0.2, -0.15) is 49.6 Å². The van der Waals surface area contributed by atoms with Crippen LogP contribution in [0.4, 0.5) is 13.2 Å². The fourth-order valence-corrected chi connectivity index (χ4v) is 0.852. The summed E-state index contributed by atoms with van der Waals surface area (Å²) in [5.74, 6) is 0. The summed E-state index contributed by atoms with van der Waals surface area (Å²) in [5, 5.41) is 0. The molecule has 0 aromatic heterocycles. The monoisotopic (exact) mass is 322 g/mol. The molecule has 94 valence electrons. The van der Waals surface area contributed by atoms with Gasteiger partial charge in [0.25, 0.3) is 0 Å². The maximum atomic E-state index is 9.67. The third-order valence-corrected chi connectivity index (χ3v) is 1.43. The first-order valence-corrected chi connectivity index (χ1v) is 4.64. The van der Waals surface area contributed by atoms with Crippen molar-refractivity contribution in [3.8, 4) is 0 Å². The van der Waals surface area contributed by atoms with Gasteiger partial charge < -0.3 is 21.7 Å². The Labute approximate surface area is 127 Å². The molecule has 1 aliphatic rings. The van der Waals surface area contributed by atoms with Crippen molar-refractivity contribution >= 4 is 23.1 Å². The summed E-state index contributed by atoms with van der Waals surface area (Å²) in [6.45, 7) is -1.67. The third-order valence-electron chi connectivity index (χ3n) is 1.43. The van der Waals surface area contributed by atoms with E-state index in [1.54, 1.807) is 0 Å². The molecule has 0 N–H and O–H groups in total. The van der Waals surface area contributed by atoms with E-state index in [2.05, 4.69) is 6.07 Å². The van der Waals surface area contributed by atoms with Crippen molar-refractivity contribution in [2.75, 3.05) is 13.2 Å². The largest absolute Gasteiger partial charge is 2.00 e. The molecule has 1 fully saturated rings. The Bertz CT molecular complexity index is 174. The third kappa shape index (κ3) is 26.1. The molecule has 1 aromatic carbocycles. The van der Waals surface area contributed by atoms with Gasteiger partial charge in [0, 0.05) is 13.2 Å². The van der Waals surface area contributed by atoms with Gasteiger partial charge in [-0.15, -0.1) is 0 Å². The van der Waals surface area contributed by atoms with Gasteiger partial charge in [0.05, 0.1) is 0 Å². The zero-order chi connectivity index (χ0) is 11.4.